The molecule has 3 nitrogen and oxygen atoms in total. The maximum Gasteiger partial charge on any atom is 0.234 e. The highest BCUT2D eigenvalue weighted by Gasteiger charge is 2.08. The number of hydrogen-bond acceptors (Lipinski definition) is 3. The number of benzene rings is 2. The maximum atomic E-state index is 11.9. The van der Waals surface area contributed by atoms with E-state index in [-0.39, 0.29) is 11.7 Å². The summed E-state index contributed by atoms with van der Waals surface area (Å²) in [5.74, 6) is 0.0827. The van der Waals surface area contributed by atoms with E-state index in [2.05, 4.69) is 5.32 Å². The molecule has 0 saturated heterocycles. The van der Waals surface area contributed by atoms with Crippen molar-refractivity contribution in [1.82, 2.24) is 0 Å². The summed E-state index contributed by atoms with van der Waals surface area (Å²) < 4.78 is 0. The summed E-state index contributed by atoms with van der Waals surface area (Å²) in [4.78, 5) is 12.8. The normalized spacial score (nSPS) is 10.3. The Morgan fingerprint density at radius 3 is 2.70 bits per heavy atom. The first kappa shape index (κ1) is 15.0. The standard InChI is InChI=1S/C14H12Cl2N2OS/c15-9-5-6-11(17)12(7-9)18-14(19)8-20-13-4-2-1-3-10(13)16/h1-7H,8,17H2,(H,18,19). The zero-order chi connectivity index (χ0) is 14.5. The van der Waals surface area contributed by atoms with Gasteiger partial charge in [0.15, 0.2) is 0 Å². The number of carbonyl (C=O) groups is 1. The highest BCUT2D eigenvalue weighted by Crippen LogP contribution is 2.27. The zero-order valence-electron chi connectivity index (χ0n) is 10.4. The monoisotopic (exact) mass is 326 g/mol. The van der Waals surface area contributed by atoms with Gasteiger partial charge in [-0.25, -0.2) is 0 Å². The topological polar surface area (TPSA) is 55.1 Å². The summed E-state index contributed by atoms with van der Waals surface area (Å²) in [6.45, 7) is 0. The average Bonchev–Trinajstić information content (AvgIpc) is 2.42. The Morgan fingerprint density at radius 1 is 1.20 bits per heavy atom. The van der Waals surface area contributed by atoms with E-state index in [0.29, 0.717) is 21.4 Å². The molecule has 0 unspecified atom stereocenters. The zero-order valence-corrected chi connectivity index (χ0v) is 12.7. The Kier molecular flexibility index (Phi) is 5.17. The second kappa shape index (κ2) is 6.88. The Balaban J connectivity index is 1.96. The fourth-order valence-corrected chi connectivity index (χ4v) is 2.74. The van der Waals surface area contributed by atoms with Crippen LogP contribution in [0.2, 0.25) is 10.0 Å². The van der Waals surface area contributed by atoms with Crippen molar-refractivity contribution in [3.05, 3.63) is 52.5 Å². The number of nitrogens with one attached hydrogen (secondary N) is 1. The van der Waals surface area contributed by atoms with E-state index in [1.54, 1.807) is 24.3 Å². The van der Waals surface area contributed by atoms with Crippen molar-refractivity contribution < 1.29 is 4.79 Å². The van der Waals surface area contributed by atoms with Crippen LogP contribution in [-0.4, -0.2) is 11.7 Å². The smallest absolute Gasteiger partial charge is 0.234 e. The minimum atomic E-state index is -0.163. The molecule has 0 aliphatic heterocycles. The molecule has 20 heavy (non-hydrogen) atoms. The average molecular weight is 327 g/mol. The largest absolute Gasteiger partial charge is 0.397 e. The molecule has 0 heterocycles. The summed E-state index contributed by atoms with van der Waals surface area (Å²) >= 11 is 13.3. The Bertz CT molecular complexity index is 634. The molecule has 2 aromatic rings. The molecular weight excluding hydrogens is 315 g/mol. The maximum absolute atomic E-state index is 11.9. The van der Waals surface area contributed by atoms with Gasteiger partial charge in [-0.1, -0.05) is 35.3 Å². The molecule has 2 aromatic carbocycles. The van der Waals surface area contributed by atoms with E-state index in [1.165, 1.54) is 11.8 Å². The SMILES string of the molecule is Nc1ccc(Cl)cc1NC(=O)CSc1ccccc1Cl. The predicted octanol–water partition coefficient (Wildman–Crippen LogP) is 4.31. The van der Waals surface area contributed by atoms with Gasteiger partial charge in [0.2, 0.25) is 5.91 Å². The molecule has 1 amide bonds. The van der Waals surface area contributed by atoms with Crippen LogP contribution < -0.4 is 11.1 Å². The molecule has 0 fully saturated rings. The number of carbonyl (C=O) groups excluding carboxylic acids is 1. The molecule has 0 saturated carbocycles. The number of halogens is 2. The summed E-state index contributed by atoms with van der Waals surface area (Å²) in [5.41, 5.74) is 6.76. The lowest BCUT2D eigenvalue weighted by atomic mass is 10.2. The van der Waals surface area contributed by atoms with Gasteiger partial charge < -0.3 is 11.1 Å². The van der Waals surface area contributed by atoms with Crippen molar-refractivity contribution in [3.63, 3.8) is 0 Å². The van der Waals surface area contributed by atoms with Crippen LogP contribution in [-0.2, 0) is 4.79 Å². The number of nitrogen functional groups attached to an aromatic ring is 1. The van der Waals surface area contributed by atoms with Gasteiger partial charge in [0.25, 0.3) is 0 Å². The predicted molar refractivity (Wildman–Crippen MR) is 86.7 cm³/mol. The highest BCUT2D eigenvalue weighted by molar-refractivity contribution is 8.00. The molecule has 0 spiro atoms. The second-order valence-electron chi connectivity index (χ2n) is 4.00. The van der Waals surface area contributed by atoms with E-state index in [9.17, 15) is 4.79 Å². The van der Waals surface area contributed by atoms with Gasteiger partial charge in [-0.3, -0.25) is 4.79 Å². The van der Waals surface area contributed by atoms with E-state index in [1.807, 2.05) is 18.2 Å². The molecule has 0 radical (unpaired) electrons. The fourth-order valence-electron chi connectivity index (χ4n) is 1.53. The molecule has 3 N–H and O–H groups in total. The molecule has 0 bridgehead atoms. The van der Waals surface area contributed by atoms with Crippen molar-refractivity contribution in [3.8, 4) is 0 Å². The minimum Gasteiger partial charge on any atom is -0.397 e. The van der Waals surface area contributed by atoms with Gasteiger partial charge in [-0.05, 0) is 30.3 Å². The van der Waals surface area contributed by atoms with Crippen LogP contribution in [0.15, 0.2) is 47.4 Å². The van der Waals surface area contributed by atoms with Gasteiger partial charge in [-0.15, -0.1) is 11.8 Å². The Hall–Kier alpha value is -1.36. The van der Waals surface area contributed by atoms with E-state index >= 15 is 0 Å². The summed E-state index contributed by atoms with van der Waals surface area (Å²) in [5, 5.41) is 3.88. The van der Waals surface area contributed by atoms with E-state index < -0.39 is 0 Å². The number of amides is 1. The van der Waals surface area contributed by atoms with Crippen molar-refractivity contribution in [1.29, 1.82) is 0 Å². The third-order valence-corrected chi connectivity index (χ3v) is 4.24. The molecular formula is C14H12Cl2N2OS. The Morgan fingerprint density at radius 2 is 1.95 bits per heavy atom. The van der Waals surface area contributed by atoms with Crippen LogP contribution in [0.25, 0.3) is 0 Å². The number of rotatable bonds is 4. The first-order valence-electron chi connectivity index (χ1n) is 5.78. The highest BCUT2D eigenvalue weighted by atomic mass is 35.5. The van der Waals surface area contributed by atoms with Crippen molar-refractivity contribution in [2.75, 3.05) is 16.8 Å². The van der Waals surface area contributed by atoms with Gasteiger partial charge in [0.05, 0.1) is 22.2 Å². The first-order valence-corrected chi connectivity index (χ1v) is 7.52. The quantitative estimate of drug-likeness (QED) is 0.650. The first-order chi connectivity index (χ1) is 9.56. The molecule has 2 rings (SSSR count). The number of hydrogen-bond donors (Lipinski definition) is 2. The summed E-state index contributed by atoms with van der Waals surface area (Å²) in [7, 11) is 0. The lowest BCUT2D eigenvalue weighted by Gasteiger charge is -2.09. The van der Waals surface area contributed by atoms with Crippen molar-refractivity contribution in [2.45, 2.75) is 4.90 Å². The van der Waals surface area contributed by atoms with E-state index in [0.717, 1.165) is 4.90 Å². The molecule has 6 heteroatoms. The van der Waals surface area contributed by atoms with Gasteiger partial charge in [-0.2, -0.15) is 0 Å². The lowest BCUT2D eigenvalue weighted by Crippen LogP contribution is -2.15. The van der Waals surface area contributed by atoms with Gasteiger partial charge >= 0.3 is 0 Å². The van der Waals surface area contributed by atoms with Gasteiger partial charge in [0, 0.05) is 9.92 Å². The van der Waals surface area contributed by atoms with Gasteiger partial charge in [0.1, 0.15) is 0 Å². The summed E-state index contributed by atoms with van der Waals surface area (Å²) in [6.07, 6.45) is 0. The lowest BCUT2D eigenvalue weighted by molar-refractivity contribution is -0.113. The second-order valence-corrected chi connectivity index (χ2v) is 5.86. The molecule has 0 atom stereocenters. The summed E-state index contributed by atoms with van der Waals surface area (Å²) in [6, 6.07) is 12.3. The third-order valence-electron chi connectivity index (χ3n) is 2.48. The Labute approximate surface area is 131 Å². The number of nitrogens with two attached hydrogens (primary N) is 1. The van der Waals surface area contributed by atoms with Crippen LogP contribution in [0.3, 0.4) is 0 Å². The van der Waals surface area contributed by atoms with Crippen molar-refractivity contribution in [2.24, 2.45) is 0 Å². The van der Waals surface area contributed by atoms with E-state index in [4.69, 9.17) is 28.9 Å². The molecule has 0 aliphatic rings. The molecule has 0 aromatic heterocycles. The number of thioether (sulfide) groups is 1. The van der Waals surface area contributed by atoms with Crippen LogP contribution >= 0.6 is 35.0 Å². The van der Waals surface area contributed by atoms with Crippen LogP contribution in [0.4, 0.5) is 11.4 Å². The number of anilines is 2. The molecule has 104 valence electrons. The fraction of sp³-hybridized carbons (Fsp3) is 0.0714. The van der Waals surface area contributed by atoms with Crippen molar-refractivity contribution >= 4 is 52.2 Å². The van der Waals surface area contributed by atoms with Crippen LogP contribution in [0.1, 0.15) is 0 Å². The van der Waals surface area contributed by atoms with Crippen LogP contribution in [0.5, 0.6) is 0 Å². The third kappa shape index (κ3) is 4.07. The van der Waals surface area contributed by atoms with Crippen LogP contribution in [0, 0.1) is 0 Å². The minimum absolute atomic E-state index is 0.163. The molecule has 0 aliphatic carbocycles.